The highest BCUT2D eigenvalue weighted by Gasteiger charge is 2.40. The molecule has 0 unspecified atom stereocenters. The third-order valence-electron chi connectivity index (χ3n) is 4.31. The molecule has 0 atom stereocenters. The van der Waals surface area contributed by atoms with Crippen molar-refractivity contribution in [1.82, 2.24) is 9.78 Å². The summed E-state index contributed by atoms with van der Waals surface area (Å²) in [6.45, 7) is -1.66. The fourth-order valence-corrected chi connectivity index (χ4v) is 3.13. The SMILES string of the molecule is O=C(Nc1nn(Cc2ccccc2F)cc1Br)c1cccc(COCC(F)(F)C(F)F)c1. The van der Waals surface area contributed by atoms with Crippen molar-refractivity contribution in [3.05, 3.63) is 81.7 Å². The summed E-state index contributed by atoms with van der Waals surface area (Å²) in [6.07, 6.45) is -2.24. The third-order valence-corrected chi connectivity index (χ3v) is 4.89. The number of ether oxygens (including phenoxy) is 1. The van der Waals surface area contributed by atoms with Crippen LogP contribution >= 0.6 is 15.9 Å². The maximum atomic E-state index is 13.8. The number of carbonyl (C=O) groups is 1. The number of carbonyl (C=O) groups excluding carboxylic acids is 1. The first-order chi connectivity index (χ1) is 15.2. The summed E-state index contributed by atoms with van der Waals surface area (Å²) in [7, 11) is 0. The highest BCUT2D eigenvalue weighted by molar-refractivity contribution is 9.10. The Hall–Kier alpha value is -2.79. The quantitative estimate of drug-likeness (QED) is 0.381. The second-order valence-corrected chi connectivity index (χ2v) is 7.68. The predicted molar refractivity (Wildman–Crippen MR) is 110 cm³/mol. The lowest BCUT2D eigenvalue weighted by Crippen LogP contribution is -2.32. The van der Waals surface area contributed by atoms with Gasteiger partial charge in [0.2, 0.25) is 0 Å². The number of hydrogen-bond donors (Lipinski definition) is 1. The van der Waals surface area contributed by atoms with E-state index in [1.807, 2.05) is 0 Å². The van der Waals surface area contributed by atoms with Crippen molar-refractivity contribution in [2.75, 3.05) is 11.9 Å². The molecule has 0 aliphatic heterocycles. The zero-order valence-corrected chi connectivity index (χ0v) is 18.0. The van der Waals surface area contributed by atoms with E-state index >= 15 is 0 Å². The molecule has 0 saturated heterocycles. The Bertz CT molecular complexity index is 1090. The van der Waals surface area contributed by atoms with Crippen molar-refractivity contribution in [1.29, 1.82) is 0 Å². The van der Waals surface area contributed by atoms with Crippen LogP contribution in [-0.2, 0) is 17.9 Å². The topological polar surface area (TPSA) is 56.2 Å². The molecule has 0 saturated carbocycles. The zero-order valence-electron chi connectivity index (χ0n) is 16.4. The number of alkyl halides is 4. The Balaban J connectivity index is 1.63. The maximum absolute atomic E-state index is 13.8. The van der Waals surface area contributed by atoms with Crippen LogP contribution in [0.25, 0.3) is 0 Å². The molecule has 1 heterocycles. The van der Waals surface area contributed by atoms with Gasteiger partial charge in [0, 0.05) is 17.3 Å². The molecule has 3 rings (SSSR count). The highest BCUT2D eigenvalue weighted by Crippen LogP contribution is 2.24. The number of amides is 1. The number of rotatable bonds is 9. The number of halogens is 6. The molecule has 1 N–H and O–H groups in total. The summed E-state index contributed by atoms with van der Waals surface area (Å²) in [5, 5.41) is 6.82. The van der Waals surface area contributed by atoms with Crippen molar-refractivity contribution in [2.45, 2.75) is 25.5 Å². The van der Waals surface area contributed by atoms with Gasteiger partial charge < -0.3 is 10.1 Å². The van der Waals surface area contributed by atoms with Crippen LogP contribution in [0.4, 0.5) is 27.8 Å². The van der Waals surface area contributed by atoms with Crippen LogP contribution in [0.5, 0.6) is 0 Å². The Kier molecular flexibility index (Phi) is 7.62. The molecule has 0 aliphatic rings. The third kappa shape index (κ3) is 6.13. The molecule has 2 aromatic carbocycles. The highest BCUT2D eigenvalue weighted by atomic mass is 79.9. The van der Waals surface area contributed by atoms with Crippen LogP contribution in [0.1, 0.15) is 21.5 Å². The summed E-state index contributed by atoms with van der Waals surface area (Å²) in [5.74, 6) is -4.97. The summed E-state index contributed by atoms with van der Waals surface area (Å²) >= 11 is 3.28. The molecule has 11 heteroatoms. The molecule has 1 aromatic heterocycles. The Morgan fingerprint density at radius 3 is 2.66 bits per heavy atom. The summed E-state index contributed by atoms with van der Waals surface area (Å²) < 4.78 is 70.6. The average Bonchev–Trinajstić information content (AvgIpc) is 3.08. The Labute approximate surface area is 188 Å². The molecule has 0 radical (unpaired) electrons. The smallest absolute Gasteiger partial charge is 0.330 e. The first-order valence-electron chi connectivity index (χ1n) is 9.26. The van der Waals surface area contributed by atoms with Crippen LogP contribution in [0.15, 0.2) is 59.2 Å². The second-order valence-electron chi connectivity index (χ2n) is 6.82. The summed E-state index contributed by atoms with van der Waals surface area (Å²) in [6, 6.07) is 12.1. The van der Waals surface area contributed by atoms with E-state index in [9.17, 15) is 26.7 Å². The largest absolute Gasteiger partial charge is 0.370 e. The van der Waals surface area contributed by atoms with Gasteiger partial charge in [-0.3, -0.25) is 9.48 Å². The number of aromatic nitrogens is 2. The number of hydrogen-bond acceptors (Lipinski definition) is 3. The summed E-state index contributed by atoms with van der Waals surface area (Å²) in [5.41, 5.74) is 0.958. The van der Waals surface area contributed by atoms with Crippen LogP contribution in [0.2, 0.25) is 0 Å². The lowest BCUT2D eigenvalue weighted by atomic mass is 10.1. The molecule has 0 fully saturated rings. The van der Waals surface area contributed by atoms with E-state index in [2.05, 4.69) is 31.1 Å². The van der Waals surface area contributed by atoms with E-state index in [0.29, 0.717) is 15.6 Å². The van der Waals surface area contributed by atoms with Crippen molar-refractivity contribution in [3.63, 3.8) is 0 Å². The van der Waals surface area contributed by atoms with Crippen molar-refractivity contribution in [3.8, 4) is 0 Å². The van der Waals surface area contributed by atoms with Crippen LogP contribution in [0, 0.1) is 5.82 Å². The minimum absolute atomic E-state index is 0.150. The van der Waals surface area contributed by atoms with Gasteiger partial charge in [-0.05, 0) is 39.7 Å². The average molecular weight is 518 g/mol. The van der Waals surface area contributed by atoms with Crippen LogP contribution < -0.4 is 5.32 Å². The molecule has 32 heavy (non-hydrogen) atoms. The van der Waals surface area contributed by atoms with Crippen LogP contribution in [0.3, 0.4) is 0 Å². The molecular weight excluding hydrogens is 501 g/mol. The van der Waals surface area contributed by atoms with Gasteiger partial charge in [-0.25, -0.2) is 13.2 Å². The molecule has 5 nitrogen and oxygen atoms in total. The van der Waals surface area contributed by atoms with E-state index in [4.69, 9.17) is 0 Å². The zero-order chi connectivity index (χ0) is 23.3. The van der Waals surface area contributed by atoms with Crippen molar-refractivity contribution in [2.24, 2.45) is 0 Å². The van der Waals surface area contributed by atoms with Gasteiger partial charge in [-0.15, -0.1) is 0 Å². The van der Waals surface area contributed by atoms with Crippen molar-refractivity contribution >= 4 is 27.7 Å². The number of anilines is 1. The molecule has 0 bridgehead atoms. The van der Waals surface area contributed by atoms with E-state index in [1.54, 1.807) is 24.4 Å². The van der Waals surface area contributed by atoms with Crippen LogP contribution in [-0.4, -0.2) is 34.6 Å². The van der Waals surface area contributed by atoms with Crippen molar-refractivity contribution < 1.29 is 31.5 Å². The lowest BCUT2D eigenvalue weighted by Gasteiger charge is -2.15. The maximum Gasteiger partial charge on any atom is 0.330 e. The number of nitrogens with one attached hydrogen (secondary N) is 1. The minimum Gasteiger partial charge on any atom is -0.370 e. The molecule has 0 aliphatic carbocycles. The monoisotopic (exact) mass is 517 g/mol. The molecule has 3 aromatic rings. The van der Waals surface area contributed by atoms with Gasteiger partial charge >= 0.3 is 12.3 Å². The lowest BCUT2D eigenvalue weighted by molar-refractivity contribution is -0.168. The van der Waals surface area contributed by atoms with E-state index in [-0.39, 0.29) is 30.4 Å². The summed E-state index contributed by atoms with van der Waals surface area (Å²) in [4.78, 5) is 12.6. The van der Waals surface area contributed by atoms with Gasteiger partial charge in [0.25, 0.3) is 5.91 Å². The second kappa shape index (κ2) is 10.2. The fourth-order valence-electron chi connectivity index (χ4n) is 2.71. The minimum atomic E-state index is -4.25. The first kappa shape index (κ1) is 23.9. The number of benzene rings is 2. The number of nitrogens with zero attached hydrogens (tertiary/aromatic N) is 2. The van der Waals surface area contributed by atoms with Gasteiger partial charge in [-0.1, -0.05) is 30.3 Å². The van der Waals surface area contributed by atoms with E-state index in [1.165, 1.54) is 35.0 Å². The molecule has 170 valence electrons. The van der Waals surface area contributed by atoms with Gasteiger partial charge in [0.15, 0.2) is 5.82 Å². The van der Waals surface area contributed by atoms with E-state index < -0.39 is 24.9 Å². The molecule has 0 spiro atoms. The molecular formula is C21H17BrF5N3O2. The molecule has 1 amide bonds. The normalized spacial score (nSPS) is 11.7. The predicted octanol–water partition coefficient (Wildman–Crippen LogP) is 5.50. The van der Waals surface area contributed by atoms with Gasteiger partial charge in [0.05, 0.1) is 17.6 Å². The Morgan fingerprint density at radius 1 is 1.19 bits per heavy atom. The Morgan fingerprint density at radius 2 is 1.94 bits per heavy atom. The van der Waals surface area contributed by atoms with Gasteiger partial charge in [-0.2, -0.15) is 13.9 Å². The van der Waals surface area contributed by atoms with Gasteiger partial charge in [0.1, 0.15) is 12.4 Å². The standard InChI is InChI=1S/C21H17BrF5N3O2/c22-16-10-30(9-15-5-1-2-7-17(15)23)29-18(16)28-19(31)14-6-3-4-13(8-14)11-32-12-21(26,27)20(24)25/h1-8,10,20H,9,11-12H2,(H,28,29,31). The first-order valence-corrected chi connectivity index (χ1v) is 10.1. The van der Waals surface area contributed by atoms with E-state index in [0.717, 1.165) is 0 Å². The fraction of sp³-hybridized carbons (Fsp3) is 0.238.